The van der Waals surface area contributed by atoms with E-state index in [2.05, 4.69) is 56.3 Å². The molecule has 0 unspecified atom stereocenters. The smallest absolute Gasteiger partial charge is 0.269 e. The highest BCUT2D eigenvalue weighted by Crippen LogP contribution is 2.50. The van der Waals surface area contributed by atoms with Crippen LogP contribution in [-0.4, -0.2) is 44.2 Å². The molecule has 3 heterocycles. The Bertz CT molecular complexity index is 1160. The standard InChI is InChI=1S/C22H20N6OS2/c1-2-27-16-10-6-7-11-17(16)30-20(27)18-19(29)28(13-12-15-8-4-3-5-9-15)22(31-18)25-21-23-14-24-26-21/h3-11,14H,2,12-13H2,1H3,(H,23,24,26). The van der Waals surface area contributed by atoms with Crippen molar-refractivity contribution in [1.82, 2.24) is 20.1 Å². The molecule has 1 N–H and O–H groups in total. The summed E-state index contributed by atoms with van der Waals surface area (Å²) in [5.41, 5.74) is 2.32. The maximum absolute atomic E-state index is 13.5. The van der Waals surface area contributed by atoms with Gasteiger partial charge in [0.15, 0.2) is 5.17 Å². The van der Waals surface area contributed by atoms with E-state index in [1.54, 1.807) is 16.7 Å². The third-order valence-electron chi connectivity index (χ3n) is 5.05. The maximum Gasteiger partial charge on any atom is 0.269 e. The van der Waals surface area contributed by atoms with Crippen LogP contribution in [0.5, 0.6) is 0 Å². The fourth-order valence-corrected chi connectivity index (χ4v) is 5.96. The van der Waals surface area contributed by atoms with Crippen molar-refractivity contribution in [2.45, 2.75) is 18.2 Å². The normalized spacial score (nSPS) is 19.5. The van der Waals surface area contributed by atoms with Gasteiger partial charge >= 0.3 is 0 Å². The molecule has 1 fully saturated rings. The fraction of sp³-hybridized carbons (Fsp3) is 0.182. The summed E-state index contributed by atoms with van der Waals surface area (Å²) in [5.74, 6) is 0.369. The number of aromatic amines is 1. The molecule has 0 saturated carbocycles. The van der Waals surface area contributed by atoms with Gasteiger partial charge in [0.2, 0.25) is 5.95 Å². The molecule has 0 aliphatic carbocycles. The molecule has 156 valence electrons. The quantitative estimate of drug-likeness (QED) is 0.583. The van der Waals surface area contributed by atoms with E-state index < -0.39 is 0 Å². The van der Waals surface area contributed by atoms with Crippen molar-refractivity contribution in [1.29, 1.82) is 0 Å². The monoisotopic (exact) mass is 448 g/mol. The molecule has 1 aromatic heterocycles. The number of nitrogens with zero attached hydrogens (tertiary/aromatic N) is 5. The molecule has 9 heteroatoms. The van der Waals surface area contributed by atoms with Crippen molar-refractivity contribution in [3.63, 3.8) is 0 Å². The molecule has 0 bridgehead atoms. The van der Waals surface area contributed by atoms with Crippen LogP contribution in [0.15, 0.2) is 80.7 Å². The molecule has 2 aliphatic rings. The Labute approximate surface area is 188 Å². The first-order valence-electron chi connectivity index (χ1n) is 10.0. The average molecular weight is 449 g/mol. The van der Waals surface area contributed by atoms with Gasteiger partial charge in [-0.3, -0.25) is 9.69 Å². The molecular formula is C22H20N6OS2. The zero-order chi connectivity index (χ0) is 21.2. The number of aromatic nitrogens is 3. The van der Waals surface area contributed by atoms with Gasteiger partial charge in [0, 0.05) is 18.0 Å². The van der Waals surface area contributed by atoms with Crippen LogP contribution in [0.3, 0.4) is 0 Å². The SMILES string of the molecule is CCN1C(=C2SC(=Nc3ncn[nH]3)N(CCc3ccccc3)C2=O)Sc2ccccc21. The molecule has 7 nitrogen and oxygen atoms in total. The molecule has 1 amide bonds. The molecule has 0 atom stereocenters. The summed E-state index contributed by atoms with van der Waals surface area (Å²) in [7, 11) is 0. The van der Waals surface area contributed by atoms with Crippen molar-refractivity contribution in [3.8, 4) is 0 Å². The number of aliphatic imine (C=N–C) groups is 1. The van der Waals surface area contributed by atoms with Gasteiger partial charge in [-0.05, 0) is 42.8 Å². The van der Waals surface area contributed by atoms with E-state index in [0.29, 0.717) is 22.6 Å². The van der Waals surface area contributed by atoms with Crippen molar-refractivity contribution < 1.29 is 4.79 Å². The summed E-state index contributed by atoms with van der Waals surface area (Å²) in [6.07, 6.45) is 2.16. The minimum absolute atomic E-state index is 0.0204. The molecule has 31 heavy (non-hydrogen) atoms. The van der Waals surface area contributed by atoms with Crippen LogP contribution in [0, 0.1) is 0 Å². The number of anilines is 1. The molecule has 5 rings (SSSR count). The predicted octanol–water partition coefficient (Wildman–Crippen LogP) is 4.41. The number of para-hydroxylation sites is 1. The van der Waals surface area contributed by atoms with E-state index in [-0.39, 0.29) is 5.91 Å². The molecule has 2 aliphatic heterocycles. The third kappa shape index (κ3) is 3.86. The van der Waals surface area contributed by atoms with Gasteiger partial charge in [-0.2, -0.15) is 15.1 Å². The number of amidine groups is 1. The number of nitrogens with one attached hydrogen (secondary N) is 1. The summed E-state index contributed by atoms with van der Waals surface area (Å²) in [4.78, 5) is 28.0. The van der Waals surface area contributed by atoms with E-state index in [1.165, 1.54) is 23.7 Å². The molecular weight excluding hydrogens is 428 g/mol. The molecule has 0 radical (unpaired) electrons. The fourth-order valence-electron chi connectivity index (χ4n) is 3.56. The first-order valence-corrected chi connectivity index (χ1v) is 11.6. The highest BCUT2D eigenvalue weighted by Gasteiger charge is 2.39. The van der Waals surface area contributed by atoms with Gasteiger partial charge < -0.3 is 4.90 Å². The summed E-state index contributed by atoms with van der Waals surface area (Å²) in [6.45, 7) is 3.43. The lowest BCUT2D eigenvalue weighted by atomic mass is 10.1. The lowest BCUT2D eigenvalue weighted by molar-refractivity contribution is -0.122. The number of H-pyrrole nitrogens is 1. The zero-order valence-electron chi connectivity index (χ0n) is 16.9. The maximum atomic E-state index is 13.5. The second-order valence-corrected chi connectivity index (χ2v) is 8.95. The molecule has 2 aromatic carbocycles. The molecule has 0 spiro atoms. The second-order valence-electron chi connectivity index (χ2n) is 6.95. The second kappa shape index (κ2) is 8.60. The van der Waals surface area contributed by atoms with E-state index in [0.717, 1.165) is 28.6 Å². The van der Waals surface area contributed by atoms with Crippen LogP contribution < -0.4 is 4.90 Å². The summed E-state index contributed by atoms with van der Waals surface area (Å²) >= 11 is 3.05. The van der Waals surface area contributed by atoms with Crippen molar-refractivity contribution >= 4 is 46.2 Å². The zero-order valence-corrected chi connectivity index (χ0v) is 18.5. The van der Waals surface area contributed by atoms with Gasteiger partial charge in [0.25, 0.3) is 5.91 Å². The van der Waals surface area contributed by atoms with Crippen molar-refractivity contribution in [2.75, 3.05) is 18.0 Å². The first kappa shape index (κ1) is 19.9. The number of carbonyl (C=O) groups is 1. The number of rotatable bonds is 5. The summed E-state index contributed by atoms with van der Waals surface area (Å²) in [5, 5.41) is 8.21. The number of benzene rings is 2. The van der Waals surface area contributed by atoms with Crippen LogP contribution in [0.2, 0.25) is 0 Å². The van der Waals surface area contributed by atoms with Crippen LogP contribution in [0.25, 0.3) is 0 Å². The van der Waals surface area contributed by atoms with Gasteiger partial charge in [-0.1, -0.05) is 54.2 Å². The van der Waals surface area contributed by atoms with E-state index in [1.807, 2.05) is 30.3 Å². The predicted molar refractivity (Wildman–Crippen MR) is 125 cm³/mol. The van der Waals surface area contributed by atoms with E-state index in [9.17, 15) is 4.79 Å². The Kier molecular flexibility index (Phi) is 5.52. The lowest BCUT2D eigenvalue weighted by Crippen LogP contribution is -2.32. The highest BCUT2D eigenvalue weighted by atomic mass is 32.2. The Morgan fingerprint density at radius 1 is 1.03 bits per heavy atom. The molecule has 1 saturated heterocycles. The Balaban J connectivity index is 1.50. The number of amides is 1. The van der Waals surface area contributed by atoms with E-state index in [4.69, 9.17) is 0 Å². The minimum Gasteiger partial charge on any atom is -0.334 e. The Morgan fingerprint density at radius 2 is 1.84 bits per heavy atom. The Morgan fingerprint density at radius 3 is 2.61 bits per heavy atom. The van der Waals surface area contributed by atoms with Gasteiger partial charge in [-0.25, -0.2) is 5.10 Å². The van der Waals surface area contributed by atoms with Gasteiger partial charge in [0.1, 0.15) is 16.3 Å². The van der Waals surface area contributed by atoms with Crippen molar-refractivity contribution in [2.24, 2.45) is 4.99 Å². The number of hydrogen-bond donors (Lipinski definition) is 1. The third-order valence-corrected chi connectivity index (χ3v) is 7.43. The summed E-state index contributed by atoms with van der Waals surface area (Å²) in [6, 6.07) is 18.4. The van der Waals surface area contributed by atoms with Crippen molar-refractivity contribution in [3.05, 3.63) is 76.4 Å². The van der Waals surface area contributed by atoms with Crippen LogP contribution >= 0.6 is 23.5 Å². The lowest BCUT2D eigenvalue weighted by Gasteiger charge is -2.19. The average Bonchev–Trinajstić information content (AvgIpc) is 3.51. The topological polar surface area (TPSA) is 77.5 Å². The number of thioether (sulfide) groups is 2. The van der Waals surface area contributed by atoms with Crippen LogP contribution in [-0.2, 0) is 11.2 Å². The molecule has 3 aromatic rings. The largest absolute Gasteiger partial charge is 0.334 e. The highest BCUT2D eigenvalue weighted by molar-refractivity contribution is 8.19. The number of fused-ring (bicyclic) bond motifs is 1. The summed E-state index contributed by atoms with van der Waals surface area (Å²) < 4.78 is 0. The van der Waals surface area contributed by atoms with E-state index >= 15 is 0 Å². The van der Waals surface area contributed by atoms with Crippen LogP contribution in [0.4, 0.5) is 11.6 Å². The Hall–Kier alpha value is -3.04. The number of hydrogen-bond acceptors (Lipinski definition) is 7. The number of carbonyl (C=O) groups excluding carboxylic acids is 1. The minimum atomic E-state index is -0.0204. The van der Waals surface area contributed by atoms with Crippen LogP contribution in [0.1, 0.15) is 12.5 Å². The van der Waals surface area contributed by atoms with Gasteiger partial charge in [0.05, 0.1) is 5.69 Å². The first-order chi connectivity index (χ1) is 15.2. The van der Waals surface area contributed by atoms with Gasteiger partial charge in [-0.15, -0.1) is 0 Å².